The maximum absolute atomic E-state index is 9.63. The van der Waals surface area contributed by atoms with E-state index in [1.165, 1.54) is 57.1 Å². The van der Waals surface area contributed by atoms with Crippen LogP contribution in [0.2, 0.25) is 0 Å². The molecule has 0 atom stereocenters. The predicted molar refractivity (Wildman–Crippen MR) is 88.1 cm³/mol. The average molecular weight is 296 g/mol. The van der Waals surface area contributed by atoms with Gasteiger partial charge in [-0.3, -0.25) is 0 Å². The summed E-state index contributed by atoms with van der Waals surface area (Å²) in [6, 6.07) is 0. The van der Waals surface area contributed by atoms with Crippen LogP contribution in [-0.4, -0.2) is 25.2 Å². The molecule has 0 N–H and O–H groups in total. The van der Waals surface area contributed by atoms with Crippen molar-refractivity contribution >= 4 is 12.2 Å². The van der Waals surface area contributed by atoms with Crippen LogP contribution in [0.5, 0.6) is 0 Å². The standard InChI is InChI=1S/C9H20.C8H12N2O2/c1-3-5-7-9-8-6-4-2;11-7-9-5-3-1-2-4-6-10-8-12/h3-9H2,1-2H3;1-6H2. The monoisotopic (exact) mass is 296 g/mol. The second-order valence-corrected chi connectivity index (χ2v) is 5.13. The molecule has 0 aliphatic carbocycles. The van der Waals surface area contributed by atoms with Crippen molar-refractivity contribution in [3.8, 4) is 0 Å². The zero-order chi connectivity index (χ0) is 16.0. The minimum Gasteiger partial charge on any atom is -0.211 e. The maximum atomic E-state index is 9.63. The molecule has 0 aromatic carbocycles. The SMILES string of the molecule is CCCCCCCCC.O=C=NCCCCCCN=C=O. The van der Waals surface area contributed by atoms with Crippen LogP contribution in [0, 0.1) is 0 Å². The van der Waals surface area contributed by atoms with Crippen LogP contribution in [0.15, 0.2) is 9.98 Å². The maximum Gasteiger partial charge on any atom is 0.234 e. The van der Waals surface area contributed by atoms with E-state index in [0.29, 0.717) is 13.1 Å². The van der Waals surface area contributed by atoms with Crippen molar-refractivity contribution in [1.29, 1.82) is 0 Å². The second kappa shape index (κ2) is 23.8. The number of nitrogens with zero attached hydrogens (tertiary/aromatic N) is 2. The van der Waals surface area contributed by atoms with E-state index in [0.717, 1.165) is 25.7 Å². The molecule has 0 amide bonds. The van der Waals surface area contributed by atoms with Gasteiger partial charge in [0.2, 0.25) is 12.2 Å². The Hall–Kier alpha value is -1.24. The highest BCUT2D eigenvalue weighted by Crippen LogP contribution is 2.05. The van der Waals surface area contributed by atoms with Crippen molar-refractivity contribution in [1.82, 2.24) is 0 Å². The normalized spacial score (nSPS) is 9.05. The van der Waals surface area contributed by atoms with Gasteiger partial charge in [0, 0.05) is 0 Å². The molecule has 21 heavy (non-hydrogen) atoms. The van der Waals surface area contributed by atoms with Gasteiger partial charge in [-0.25, -0.2) is 19.6 Å². The fraction of sp³-hybridized carbons (Fsp3) is 0.882. The molecule has 0 aliphatic heterocycles. The van der Waals surface area contributed by atoms with E-state index < -0.39 is 0 Å². The molecule has 0 heterocycles. The molecular weight excluding hydrogens is 264 g/mol. The molecule has 0 aliphatic rings. The first-order valence-electron chi connectivity index (χ1n) is 8.40. The molecule has 0 rings (SSSR count). The lowest BCUT2D eigenvalue weighted by molar-refractivity contribution is 0.558. The van der Waals surface area contributed by atoms with Gasteiger partial charge < -0.3 is 0 Å². The molecular formula is C17H32N2O2. The van der Waals surface area contributed by atoms with Crippen molar-refractivity contribution in [3.05, 3.63) is 0 Å². The third kappa shape index (κ3) is 27.8. The van der Waals surface area contributed by atoms with Crippen LogP contribution < -0.4 is 0 Å². The predicted octanol–water partition coefficient (Wildman–Crippen LogP) is 4.98. The van der Waals surface area contributed by atoms with Gasteiger partial charge in [0.1, 0.15) is 0 Å². The lowest BCUT2D eigenvalue weighted by atomic mass is 10.1. The molecule has 4 nitrogen and oxygen atoms in total. The fourth-order valence-corrected chi connectivity index (χ4v) is 1.86. The Morgan fingerprint density at radius 2 is 0.905 bits per heavy atom. The summed E-state index contributed by atoms with van der Waals surface area (Å²) in [7, 11) is 0. The summed E-state index contributed by atoms with van der Waals surface area (Å²) in [5.41, 5.74) is 0. The summed E-state index contributed by atoms with van der Waals surface area (Å²) in [5, 5.41) is 0. The Labute approximate surface area is 130 Å². The van der Waals surface area contributed by atoms with Gasteiger partial charge in [-0.1, -0.05) is 71.6 Å². The molecule has 0 aromatic heterocycles. The molecule has 122 valence electrons. The summed E-state index contributed by atoms with van der Waals surface area (Å²) >= 11 is 0. The molecule has 0 fully saturated rings. The second-order valence-electron chi connectivity index (χ2n) is 5.13. The number of hydrogen-bond acceptors (Lipinski definition) is 4. The fourth-order valence-electron chi connectivity index (χ4n) is 1.86. The van der Waals surface area contributed by atoms with Crippen LogP contribution in [-0.2, 0) is 9.59 Å². The van der Waals surface area contributed by atoms with Gasteiger partial charge in [-0.05, 0) is 12.8 Å². The number of isocyanates is 2. The average Bonchev–Trinajstić information content (AvgIpc) is 2.51. The van der Waals surface area contributed by atoms with Crippen LogP contribution in [0.3, 0.4) is 0 Å². The Kier molecular flexibility index (Phi) is 25.0. The first-order valence-corrected chi connectivity index (χ1v) is 8.40. The van der Waals surface area contributed by atoms with Crippen molar-refractivity contribution in [2.24, 2.45) is 9.98 Å². The van der Waals surface area contributed by atoms with Gasteiger partial charge in [-0.2, -0.15) is 0 Å². The van der Waals surface area contributed by atoms with Crippen LogP contribution in [0.1, 0.15) is 84.5 Å². The third-order valence-electron chi connectivity index (χ3n) is 3.13. The summed E-state index contributed by atoms with van der Waals surface area (Å²) in [6.07, 6.45) is 16.8. The molecule has 0 bridgehead atoms. The van der Waals surface area contributed by atoms with Crippen molar-refractivity contribution in [3.63, 3.8) is 0 Å². The smallest absolute Gasteiger partial charge is 0.211 e. The molecule has 0 aromatic rings. The van der Waals surface area contributed by atoms with Crippen LogP contribution >= 0.6 is 0 Å². The first-order chi connectivity index (χ1) is 10.3. The number of aliphatic imine (C=N–C) groups is 2. The van der Waals surface area contributed by atoms with E-state index in [-0.39, 0.29) is 0 Å². The van der Waals surface area contributed by atoms with E-state index in [1.807, 2.05) is 0 Å². The summed E-state index contributed by atoms with van der Waals surface area (Å²) in [4.78, 5) is 26.1. The Morgan fingerprint density at radius 3 is 1.24 bits per heavy atom. The van der Waals surface area contributed by atoms with E-state index >= 15 is 0 Å². The highest BCUT2D eigenvalue weighted by Gasteiger charge is 1.88. The van der Waals surface area contributed by atoms with Crippen molar-refractivity contribution in [2.45, 2.75) is 84.5 Å². The zero-order valence-corrected chi connectivity index (χ0v) is 13.9. The molecule has 0 spiro atoms. The lowest BCUT2D eigenvalue weighted by Crippen LogP contribution is -1.84. The Morgan fingerprint density at radius 1 is 0.571 bits per heavy atom. The molecule has 0 unspecified atom stereocenters. The van der Waals surface area contributed by atoms with Crippen molar-refractivity contribution < 1.29 is 9.59 Å². The highest BCUT2D eigenvalue weighted by atomic mass is 16.1. The number of unbranched alkanes of at least 4 members (excludes halogenated alkanes) is 9. The highest BCUT2D eigenvalue weighted by molar-refractivity contribution is 5.32. The number of rotatable bonds is 13. The van der Waals surface area contributed by atoms with Gasteiger partial charge >= 0.3 is 0 Å². The van der Waals surface area contributed by atoms with E-state index in [1.54, 1.807) is 0 Å². The quantitative estimate of drug-likeness (QED) is 0.273. The summed E-state index contributed by atoms with van der Waals surface area (Å²) in [5.74, 6) is 0. The van der Waals surface area contributed by atoms with E-state index in [2.05, 4.69) is 23.8 Å². The first kappa shape index (κ1) is 22.0. The van der Waals surface area contributed by atoms with Gasteiger partial charge in [-0.15, -0.1) is 0 Å². The van der Waals surface area contributed by atoms with Crippen molar-refractivity contribution in [2.75, 3.05) is 13.1 Å². The van der Waals surface area contributed by atoms with Crippen LogP contribution in [0.4, 0.5) is 0 Å². The van der Waals surface area contributed by atoms with E-state index in [4.69, 9.17) is 0 Å². The molecule has 0 radical (unpaired) electrons. The van der Waals surface area contributed by atoms with Crippen LogP contribution in [0.25, 0.3) is 0 Å². The minimum absolute atomic E-state index is 0.556. The molecule has 0 saturated carbocycles. The third-order valence-corrected chi connectivity index (χ3v) is 3.13. The number of carbonyl (C=O) groups excluding carboxylic acids is 2. The number of hydrogen-bond donors (Lipinski definition) is 0. The zero-order valence-electron chi connectivity index (χ0n) is 13.9. The Balaban J connectivity index is 0. The largest absolute Gasteiger partial charge is 0.234 e. The van der Waals surface area contributed by atoms with E-state index in [9.17, 15) is 9.59 Å². The topological polar surface area (TPSA) is 58.9 Å². The van der Waals surface area contributed by atoms with Gasteiger partial charge in [0.05, 0.1) is 13.1 Å². The Bertz CT molecular complexity index is 253. The van der Waals surface area contributed by atoms with Gasteiger partial charge in [0.25, 0.3) is 0 Å². The summed E-state index contributed by atoms with van der Waals surface area (Å²) < 4.78 is 0. The molecule has 4 heteroatoms. The van der Waals surface area contributed by atoms with Gasteiger partial charge in [0.15, 0.2) is 0 Å². The molecule has 0 saturated heterocycles. The summed E-state index contributed by atoms with van der Waals surface area (Å²) in [6.45, 7) is 5.64. The lowest BCUT2D eigenvalue weighted by Gasteiger charge is -1.96. The minimum atomic E-state index is 0.556.